The van der Waals surface area contributed by atoms with Gasteiger partial charge in [-0.3, -0.25) is 9.69 Å². The number of hydrogen-bond acceptors (Lipinski definition) is 4. The molecule has 1 atom stereocenters. The molecular weight excluding hydrogens is 214 g/mol. The topological polar surface area (TPSA) is 49.8 Å². The number of thioether (sulfide) groups is 1. The van der Waals surface area contributed by atoms with Gasteiger partial charge in [0.05, 0.1) is 19.6 Å². The average Bonchev–Trinajstić information content (AvgIpc) is 2.68. The number of carbonyl (C=O) groups is 1. The number of rotatable bonds is 3. The molecule has 0 aliphatic carbocycles. The Morgan fingerprint density at radius 1 is 1.47 bits per heavy atom. The first-order chi connectivity index (χ1) is 7.23. The van der Waals surface area contributed by atoms with Crippen molar-refractivity contribution in [2.24, 2.45) is 0 Å². The number of ether oxygens (including phenoxy) is 1. The second kappa shape index (κ2) is 4.72. The quantitative estimate of drug-likeness (QED) is 0.773. The summed E-state index contributed by atoms with van der Waals surface area (Å²) in [5, 5.41) is 9.00. The number of carboxylic acid groups (broad SMARTS) is 1. The zero-order valence-corrected chi connectivity index (χ0v) is 9.59. The normalized spacial score (nSPS) is 33.1. The van der Waals surface area contributed by atoms with Gasteiger partial charge in [-0.1, -0.05) is 0 Å². The Hall–Kier alpha value is -0.260. The highest BCUT2D eigenvalue weighted by Gasteiger charge is 2.42. The summed E-state index contributed by atoms with van der Waals surface area (Å²) in [6, 6.07) is 0. The average molecular weight is 231 g/mol. The highest BCUT2D eigenvalue weighted by molar-refractivity contribution is 7.99. The van der Waals surface area contributed by atoms with E-state index in [2.05, 4.69) is 4.90 Å². The van der Waals surface area contributed by atoms with E-state index < -0.39 is 5.97 Å². The van der Waals surface area contributed by atoms with Gasteiger partial charge in [0.1, 0.15) is 0 Å². The number of aliphatic carboxylic acids is 1. The van der Waals surface area contributed by atoms with Gasteiger partial charge in [0.25, 0.3) is 0 Å². The van der Waals surface area contributed by atoms with E-state index >= 15 is 0 Å². The molecule has 5 heteroatoms. The maximum absolute atomic E-state index is 10.9. The molecule has 2 fully saturated rings. The Bertz CT molecular complexity index is 235. The summed E-state index contributed by atoms with van der Waals surface area (Å²) in [4.78, 5) is 13.3. The Morgan fingerprint density at radius 2 is 2.20 bits per heavy atom. The first-order valence-corrected chi connectivity index (χ1v) is 6.51. The standard InChI is InChI=1S/C10H17NO3S/c12-9(13)7-10(1-6-15-8-10)11-2-4-14-5-3-11/h1-8H2,(H,12,13). The fourth-order valence-electron chi connectivity index (χ4n) is 2.42. The Morgan fingerprint density at radius 3 is 2.73 bits per heavy atom. The largest absolute Gasteiger partial charge is 0.481 e. The van der Waals surface area contributed by atoms with Gasteiger partial charge in [0.15, 0.2) is 0 Å². The van der Waals surface area contributed by atoms with Crippen LogP contribution in [0.3, 0.4) is 0 Å². The van der Waals surface area contributed by atoms with E-state index in [1.807, 2.05) is 11.8 Å². The first-order valence-electron chi connectivity index (χ1n) is 5.35. The molecule has 0 bridgehead atoms. The van der Waals surface area contributed by atoms with Gasteiger partial charge in [0, 0.05) is 24.4 Å². The molecule has 0 aromatic rings. The second-order valence-corrected chi connectivity index (χ2v) is 5.30. The molecule has 1 unspecified atom stereocenters. The maximum atomic E-state index is 10.9. The fraction of sp³-hybridized carbons (Fsp3) is 0.900. The van der Waals surface area contributed by atoms with Crippen molar-refractivity contribution in [1.82, 2.24) is 4.90 Å². The van der Waals surface area contributed by atoms with Crippen LogP contribution in [0.25, 0.3) is 0 Å². The van der Waals surface area contributed by atoms with Crippen LogP contribution in [0.2, 0.25) is 0 Å². The summed E-state index contributed by atoms with van der Waals surface area (Å²) < 4.78 is 5.31. The van der Waals surface area contributed by atoms with Crippen LogP contribution in [0.15, 0.2) is 0 Å². The smallest absolute Gasteiger partial charge is 0.305 e. The van der Waals surface area contributed by atoms with Crippen LogP contribution in [0.1, 0.15) is 12.8 Å². The lowest BCUT2D eigenvalue weighted by molar-refractivity contribution is -0.141. The summed E-state index contributed by atoms with van der Waals surface area (Å²) >= 11 is 1.87. The number of morpholine rings is 1. The van der Waals surface area contributed by atoms with Crippen molar-refractivity contribution in [3.63, 3.8) is 0 Å². The van der Waals surface area contributed by atoms with E-state index in [4.69, 9.17) is 9.84 Å². The minimum atomic E-state index is -0.677. The van der Waals surface area contributed by atoms with Gasteiger partial charge in [-0.2, -0.15) is 11.8 Å². The molecule has 1 N–H and O–H groups in total. The number of carboxylic acids is 1. The molecular formula is C10H17NO3S. The van der Waals surface area contributed by atoms with Crippen molar-refractivity contribution in [3.8, 4) is 0 Å². The first kappa shape index (κ1) is 11.2. The molecule has 0 spiro atoms. The van der Waals surface area contributed by atoms with E-state index in [-0.39, 0.29) is 12.0 Å². The molecule has 2 aliphatic rings. The summed E-state index contributed by atoms with van der Waals surface area (Å²) in [6.07, 6.45) is 1.28. The third kappa shape index (κ3) is 2.46. The Balaban J connectivity index is 2.06. The lowest BCUT2D eigenvalue weighted by Gasteiger charge is -2.42. The van der Waals surface area contributed by atoms with Crippen LogP contribution in [0.5, 0.6) is 0 Å². The zero-order valence-electron chi connectivity index (χ0n) is 8.78. The minimum Gasteiger partial charge on any atom is -0.481 e. The zero-order chi connectivity index (χ0) is 10.7. The highest BCUT2D eigenvalue weighted by Crippen LogP contribution is 2.36. The van der Waals surface area contributed by atoms with Crippen molar-refractivity contribution in [3.05, 3.63) is 0 Å². The van der Waals surface area contributed by atoms with Crippen molar-refractivity contribution in [2.45, 2.75) is 18.4 Å². The molecule has 4 nitrogen and oxygen atoms in total. The highest BCUT2D eigenvalue weighted by atomic mass is 32.2. The van der Waals surface area contributed by atoms with Gasteiger partial charge in [-0.25, -0.2) is 0 Å². The van der Waals surface area contributed by atoms with E-state index in [1.165, 1.54) is 0 Å². The third-order valence-corrected chi connectivity index (χ3v) is 4.48. The SMILES string of the molecule is O=C(O)CC1(N2CCOCC2)CCSC1. The molecule has 0 saturated carbocycles. The number of nitrogens with zero attached hydrogens (tertiary/aromatic N) is 1. The molecule has 0 amide bonds. The fourth-order valence-corrected chi connectivity index (χ4v) is 3.89. The van der Waals surface area contributed by atoms with E-state index in [0.717, 1.165) is 44.2 Å². The summed E-state index contributed by atoms with van der Waals surface area (Å²) in [6.45, 7) is 3.25. The third-order valence-electron chi connectivity index (χ3n) is 3.24. The molecule has 0 aromatic carbocycles. The van der Waals surface area contributed by atoms with Crippen LogP contribution in [0, 0.1) is 0 Å². The maximum Gasteiger partial charge on any atom is 0.305 e. The predicted octanol–water partition coefficient (Wildman–Crippen LogP) is 0.669. The molecule has 2 aliphatic heterocycles. The van der Waals surface area contributed by atoms with Crippen LogP contribution in [0.4, 0.5) is 0 Å². The molecule has 0 radical (unpaired) electrons. The molecule has 86 valence electrons. The van der Waals surface area contributed by atoms with Gasteiger partial charge in [-0.05, 0) is 12.2 Å². The summed E-state index contributed by atoms with van der Waals surface area (Å²) in [5.74, 6) is 1.37. The molecule has 0 aromatic heterocycles. The van der Waals surface area contributed by atoms with Gasteiger partial charge < -0.3 is 9.84 Å². The summed E-state index contributed by atoms with van der Waals surface area (Å²) in [7, 11) is 0. The van der Waals surface area contributed by atoms with Crippen LogP contribution >= 0.6 is 11.8 Å². The monoisotopic (exact) mass is 231 g/mol. The van der Waals surface area contributed by atoms with Crippen LogP contribution < -0.4 is 0 Å². The lowest BCUT2D eigenvalue weighted by atomic mass is 9.92. The van der Waals surface area contributed by atoms with Crippen LogP contribution in [-0.2, 0) is 9.53 Å². The van der Waals surface area contributed by atoms with Crippen molar-refractivity contribution >= 4 is 17.7 Å². The van der Waals surface area contributed by atoms with E-state index in [1.54, 1.807) is 0 Å². The van der Waals surface area contributed by atoms with Crippen molar-refractivity contribution in [2.75, 3.05) is 37.8 Å². The van der Waals surface area contributed by atoms with E-state index in [9.17, 15) is 4.79 Å². The second-order valence-electron chi connectivity index (χ2n) is 4.20. The Labute approximate surface area is 94.0 Å². The Kier molecular flexibility index (Phi) is 3.53. The molecule has 2 rings (SSSR count). The predicted molar refractivity (Wildman–Crippen MR) is 59.3 cm³/mol. The molecule has 2 saturated heterocycles. The molecule has 15 heavy (non-hydrogen) atoms. The van der Waals surface area contributed by atoms with E-state index in [0.29, 0.717) is 0 Å². The van der Waals surface area contributed by atoms with Gasteiger partial charge >= 0.3 is 5.97 Å². The van der Waals surface area contributed by atoms with Crippen LogP contribution in [-0.4, -0.2) is 59.3 Å². The van der Waals surface area contributed by atoms with Crippen molar-refractivity contribution < 1.29 is 14.6 Å². The lowest BCUT2D eigenvalue weighted by Crippen LogP contribution is -2.54. The number of hydrogen-bond donors (Lipinski definition) is 1. The molecule has 2 heterocycles. The minimum absolute atomic E-state index is 0.0969. The van der Waals surface area contributed by atoms with Gasteiger partial charge in [0.2, 0.25) is 0 Å². The van der Waals surface area contributed by atoms with Crippen molar-refractivity contribution in [1.29, 1.82) is 0 Å². The van der Waals surface area contributed by atoms with Gasteiger partial charge in [-0.15, -0.1) is 0 Å². The summed E-state index contributed by atoms with van der Waals surface area (Å²) in [5.41, 5.74) is -0.0969.